The fourth-order valence-corrected chi connectivity index (χ4v) is 1.60. The highest BCUT2D eigenvalue weighted by Gasteiger charge is 2.05. The van der Waals surface area contributed by atoms with E-state index in [1.807, 2.05) is 0 Å². The zero-order valence-electron chi connectivity index (χ0n) is 11.7. The van der Waals surface area contributed by atoms with Crippen molar-refractivity contribution in [1.29, 1.82) is 0 Å². The molecule has 0 saturated carbocycles. The van der Waals surface area contributed by atoms with Crippen molar-refractivity contribution in [2.24, 2.45) is 0 Å². The van der Waals surface area contributed by atoms with E-state index in [-0.39, 0.29) is 12.3 Å². The van der Waals surface area contributed by atoms with Gasteiger partial charge < -0.3 is 10.1 Å². The summed E-state index contributed by atoms with van der Waals surface area (Å²) >= 11 is 0. The maximum atomic E-state index is 10.5. The van der Waals surface area contributed by atoms with Crippen molar-refractivity contribution in [3.63, 3.8) is 0 Å². The first kappa shape index (κ1) is 14.7. The molecule has 21 heavy (non-hydrogen) atoms. The van der Waals surface area contributed by atoms with Crippen molar-refractivity contribution in [1.82, 2.24) is 9.97 Å². The van der Waals surface area contributed by atoms with Crippen LogP contribution in [0.3, 0.4) is 0 Å². The number of anilines is 1. The van der Waals surface area contributed by atoms with Crippen LogP contribution in [0.1, 0.15) is 19.0 Å². The molecular formula is C14H16N4O3. The Morgan fingerprint density at radius 2 is 2.00 bits per heavy atom. The van der Waals surface area contributed by atoms with Crippen molar-refractivity contribution in [3.05, 3.63) is 52.5 Å². The first-order valence-electron chi connectivity index (χ1n) is 6.61. The Hall–Kier alpha value is -2.70. The molecule has 0 bridgehead atoms. The van der Waals surface area contributed by atoms with E-state index in [4.69, 9.17) is 4.74 Å². The Bertz CT molecular complexity index is 584. The summed E-state index contributed by atoms with van der Waals surface area (Å²) in [6, 6.07) is 5.92. The Kier molecular flexibility index (Phi) is 5.03. The lowest BCUT2D eigenvalue weighted by Crippen LogP contribution is -2.04. The molecule has 2 aromatic rings. The van der Waals surface area contributed by atoms with Crippen LogP contribution in [0.5, 0.6) is 5.75 Å². The van der Waals surface area contributed by atoms with Crippen LogP contribution in [0.2, 0.25) is 0 Å². The average molecular weight is 288 g/mol. The van der Waals surface area contributed by atoms with Gasteiger partial charge in [-0.1, -0.05) is 6.92 Å². The lowest BCUT2D eigenvalue weighted by atomic mass is 10.3. The third kappa shape index (κ3) is 4.41. The lowest BCUT2D eigenvalue weighted by Gasteiger charge is -2.06. The van der Waals surface area contributed by atoms with Gasteiger partial charge in [-0.15, -0.1) is 0 Å². The molecule has 110 valence electrons. The van der Waals surface area contributed by atoms with Gasteiger partial charge in [0.2, 0.25) is 0 Å². The van der Waals surface area contributed by atoms with E-state index in [0.29, 0.717) is 11.4 Å². The van der Waals surface area contributed by atoms with Crippen LogP contribution in [0.25, 0.3) is 0 Å². The van der Waals surface area contributed by atoms with E-state index in [1.165, 1.54) is 12.1 Å². The third-order valence-electron chi connectivity index (χ3n) is 2.70. The second kappa shape index (κ2) is 7.18. The average Bonchev–Trinajstić information content (AvgIpc) is 2.52. The molecule has 1 N–H and O–H groups in total. The van der Waals surface area contributed by atoms with Gasteiger partial charge in [-0.05, 0) is 18.6 Å². The molecule has 7 nitrogen and oxygen atoms in total. The number of nitro groups is 1. The zero-order chi connectivity index (χ0) is 15.1. The molecule has 0 unspecified atom stereocenters. The highest BCUT2D eigenvalue weighted by molar-refractivity contribution is 5.36. The van der Waals surface area contributed by atoms with Crippen molar-refractivity contribution in [2.75, 3.05) is 11.9 Å². The number of benzene rings is 1. The summed E-state index contributed by atoms with van der Waals surface area (Å²) in [7, 11) is 0. The number of nitro benzene ring substituents is 1. The largest absolute Gasteiger partial charge is 0.487 e. The van der Waals surface area contributed by atoms with Gasteiger partial charge in [-0.2, -0.15) is 0 Å². The highest BCUT2D eigenvalue weighted by Crippen LogP contribution is 2.18. The number of hydrogen-bond donors (Lipinski definition) is 1. The normalized spacial score (nSPS) is 10.1. The smallest absolute Gasteiger partial charge is 0.269 e. The van der Waals surface area contributed by atoms with Gasteiger partial charge in [-0.25, -0.2) is 4.98 Å². The minimum atomic E-state index is -0.447. The summed E-state index contributed by atoms with van der Waals surface area (Å²) in [5.74, 6) is 1.28. The molecule has 1 aromatic heterocycles. The minimum Gasteiger partial charge on any atom is -0.487 e. The number of ether oxygens (including phenoxy) is 1. The number of non-ortho nitro benzene ring substituents is 1. The molecule has 0 amide bonds. The number of nitrogens with zero attached hydrogens (tertiary/aromatic N) is 3. The van der Waals surface area contributed by atoms with Gasteiger partial charge in [0.25, 0.3) is 5.69 Å². The molecule has 0 spiro atoms. The van der Waals surface area contributed by atoms with E-state index in [0.717, 1.165) is 18.8 Å². The monoisotopic (exact) mass is 288 g/mol. The quantitative estimate of drug-likeness (QED) is 0.622. The second-order valence-corrected chi connectivity index (χ2v) is 4.36. The lowest BCUT2D eigenvalue weighted by molar-refractivity contribution is -0.384. The van der Waals surface area contributed by atoms with Crippen molar-refractivity contribution < 1.29 is 9.66 Å². The molecule has 1 aromatic carbocycles. The maximum absolute atomic E-state index is 10.5. The van der Waals surface area contributed by atoms with Crippen LogP contribution in [0, 0.1) is 10.1 Å². The summed E-state index contributed by atoms with van der Waals surface area (Å²) in [5, 5.41) is 13.7. The molecule has 0 atom stereocenters. The minimum absolute atomic E-state index is 0.0356. The summed E-state index contributed by atoms with van der Waals surface area (Å²) in [6.07, 6.45) is 4.32. The number of nitrogens with one attached hydrogen (secondary N) is 1. The Morgan fingerprint density at radius 1 is 1.24 bits per heavy atom. The van der Waals surface area contributed by atoms with Crippen LogP contribution in [0.4, 0.5) is 11.5 Å². The summed E-state index contributed by atoms with van der Waals surface area (Å²) in [4.78, 5) is 18.5. The first-order valence-corrected chi connectivity index (χ1v) is 6.61. The molecule has 2 rings (SSSR count). The number of hydrogen-bond acceptors (Lipinski definition) is 6. The maximum Gasteiger partial charge on any atom is 0.269 e. The van der Waals surface area contributed by atoms with Crippen LogP contribution in [0.15, 0.2) is 36.7 Å². The predicted molar refractivity (Wildman–Crippen MR) is 78.2 cm³/mol. The summed E-state index contributed by atoms with van der Waals surface area (Å²) in [6.45, 7) is 3.19. The standard InChI is InChI=1S/C14H16N4O3/c1-2-7-15-14-9-16-11(8-17-14)10-21-13-5-3-12(4-6-13)18(19)20/h3-6,8-9H,2,7,10H2,1H3,(H,15,17). The van der Waals surface area contributed by atoms with Crippen LogP contribution in [-0.2, 0) is 6.61 Å². The molecular weight excluding hydrogens is 272 g/mol. The fourth-order valence-electron chi connectivity index (χ4n) is 1.60. The Morgan fingerprint density at radius 3 is 2.57 bits per heavy atom. The molecule has 0 aliphatic rings. The molecule has 7 heteroatoms. The molecule has 1 heterocycles. The Balaban J connectivity index is 1.88. The van der Waals surface area contributed by atoms with Gasteiger partial charge in [0.15, 0.2) is 0 Å². The van der Waals surface area contributed by atoms with Gasteiger partial charge in [0.1, 0.15) is 18.2 Å². The SMILES string of the molecule is CCCNc1cnc(COc2ccc([N+](=O)[O-])cc2)cn1. The predicted octanol–water partition coefficient (Wildman–Crippen LogP) is 2.79. The van der Waals surface area contributed by atoms with E-state index in [1.54, 1.807) is 24.5 Å². The number of aromatic nitrogens is 2. The van der Waals surface area contributed by atoms with E-state index in [9.17, 15) is 10.1 Å². The summed E-state index contributed by atoms with van der Waals surface area (Å²) < 4.78 is 5.50. The van der Waals surface area contributed by atoms with Gasteiger partial charge in [0, 0.05) is 18.7 Å². The topological polar surface area (TPSA) is 90.2 Å². The van der Waals surface area contributed by atoms with Gasteiger partial charge in [0.05, 0.1) is 23.0 Å². The van der Waals surface area contributed by atoms with Crippen molar-refractivity contribution >= 4 is 11.5 Å². The molecule has 0 aliphatic heterocycles. The van der Waals surface area contributed by atoms with Crippen LogP contribution < -0.4 is 10.1 Å². The molecule has 0 fully saturated rings. The molecule has 0 radical (unpaired) electrons. The highest BCUT2D eigenvalue weighted by atomic mass is 16.6. The molecule has 0 aliphatic carbocycles. The van der Waals surface area contributed by atoms with E-state index in [2.05, 4.69) is 22.2 Å². The number of rotatable bonds is 7. The zero-order valence-corrected chi connectivity index (χ0v) is 11.7. The second-order valence-electron chi connectivity index (χ2n) is 4.36. The summed E-state index contributed by atoms with van der Waals surface area (Å²) in [5.41, 5.74) is 0.726. The van der Waals surface area contributed by atoms with Gasteiger partial charge >= 0.3 is 0 Å². The Labute approximate surface area is 122 Å². The van der Waals surface area contributed by atoms with Crippen molar-refractivity contribution in [2.45, 2.75) is 20.0 Å². The van der Waals surface area contributed by atoms with Crippen molar-refractivity contribution in [3.8, 4) is 5.75 Å². The fraction of sp³-hybridized carbons (Fsp3) is 0.286. The van der Waals surface area contributed by atoms with E-state index >= 15 is 0 Å². The molecule has 0 saturated heterocycles. The third-order valence-corrected chi connectivity index (χ3v) is 2.70. The van der Waals surface area contributed by atoms with Crippen LogP contribution >= 0.6 is 0 Å². The van der Waals surface area contributed by atoms with Crippen LogP contribution in [-0.4, -0.2) is 21.4 Å². The van der Waals surface area contributed by atoms with E-state index < -0.39 is 4.92 Å². The van der Waals surface area contributed by atoms with Gasteiger partial charge in [-0.3, -0.25) is 15.1 Å². The first-order chi connectivity index (χ1) is 10.2.